The van der Waals surface area contributed by atoms with Gasteiger partial charge in [-0.15, -0.1) is 0 Å². The number of ether oxygens (including phenoxy) is 1. The summed E-state index contributed by atoms with van der Waals surface area (Å²) in [7, 11) is 0. The van der Waals surface area contributed by atoms with E-state index in [-0.39, 0.29) is 0 Å². The fourth-order valence-electron chi connectivity index (χ4n) is 1.58. The summed E-state index contributed by atoms with van der Waals surface area (Å²) < 4.78 is 5.46. The first-order valence-electron chi connectivity index (χ1n) is 4.60. The predicted octanol–water partition coefficient (Wildman–Crippen LogP) is 1.13. The number of hydrogen-bond acceptors (Lipinski definition) is 3. The van der Waals surface area contributed by atoms with Gasteiger partial charge in [-0.05, 0) is 18.6 Å². The van der Waals surface area contributed by atoms with Crippen molar-refractivity contribution in [1.29, 1.82) is 0 Å². The molecule has 2 heterocycles. The Hall–Kier alpha value is -0.930. The Bertz CT molecular complexity index is 263. The minimum atomic E-state index is 0.303. The molecule has 2 atom stereocenters. The van der Waals surface area contributed by atoms with Crippen LogP contribution < -0.4 is 5.32 Å². The zero-order valence-electron chi connectivity index (χ0n) is 7.73. The monoisotopic (exact) mass is 178 g/mol. The van der Waals surface area contributed by atoms with Crippen molar-refractivity contribution in [2.45, 2.75) is 19.0 Å². The van der Waals surface area contributed by atoms with Crippen LogP contribution >= 0.6 is 0 Å². The molecule has 0 aliphatic carbocycles. The number of nitrogens with one attached hydrogen (secondary N) is 1. The highest BCUT2D eigenvalue weighted by atomic mass is 16.5. The van der Waals surface area contributed by atoms with Crippen molar-refractivity contribution in [3.8, 4) is 0 Å². The summed E-state index contributed by atoms with van der Waals surface area (Å²) in [6.07, 6.45) is 3.68. The standard InChI is InChI=1S/C10H14N2O/c1-8-6-13-7-10(12-8)9-3-2-4-11-5-9/h2-5,8,10,12H,6-7H2,1H3. The third-order valence-electron chi connectivity index (χ3n) is 2.22. The molecule has 1 fully saturated rings. The molecular weight excluding hydrogens is 164 g/mol. The first-order chi connectivity index (χ1) is 6.36. The molecule has 3 nitrogen and oxygen atoms in total. The number of morpholine rings is 1. The maximum Gasteiger partial charge on any atom is 0.0662 e. The highest BCUT2D eigenvalue weighted by molar-refractivity contribution is 5.14. The summed E-state index contributed by atoms with van der Waals surface area (Å²) in [6.45, 7) is 3.68. The van der Waals surface area contributed by atoms with Gasteiger partial charge in [0.2, 0.25) is 0 Å². The van der Waals surface area contributed by atoms with Crippen molar-refractivity contribution in [2.75, 3.05) is 13.2 Å². The van der Waals surface area contributed by atoms with E-state index < -0.39 is 0 Å². The van der Waals surface area contributed by atoms with E-state index in [0.29, 0.717) is 12.1 Å². The van der Waals surface area contributed by atoms with E-state index in [1.807, 2.05) is 12.3 Å². The second kappa shape index (κ2) is 3.85. The highest BCUT2D eigenvalue weighted by Gasteiger charge is 2.19. The van der Waals surface area contributed by atoms with E-state index >= 15 is 0 Å². The Kier molecular flexibility index (Phi) is 2.57. The minimum absolute atomic E-state index is 0.303. The molecular formula is C10H14N2O. The van der Waals surface area contributed by atoms with E-state index in [2.05, 4.69) is 23.3 Å². The third-order valence-corrected chi connectivity index (χ3v) is 2.22. The lowest BCUT2D eigenvalue weighted by molar-refractivity contribution is 0.0503. The van der Waals surface area contributed by atoms with Crippen LogP contribution in [-0.4, -0.2) is 24.2 Å². The van der Waals surface area contributed by atoms with Crippen LogP contribution in [0.2, 0.25) is 0 Å². The largest absolute Gasteiger partial charge is 0.378 e. The van der Waals surface area contributed by atoms with Crippen LogP contribution in [0.1, 0.15) is 18.5 Å². The molecule has 0 amide bonds. The van der Waals surface area contributed by atoms with E-state index in [1.54, 1.807) is 6.20 Å². The molecule has 0 aromatic carbocycles. The molecule has 0 bridgehead atoms. The third kappa shape index (κ3) is 2.05. The van der Waals surface area contributed by atoms with Gasteiger partial charge in [-0.2, -0.15) is 0 Å². The maximum absolute atomic E-state index is 5.46. The molecule has 2 rings (SSSR count). The Balaban J connectivity index is 2.08. The molecule has 3 heteroatoms. The molecule has 1 saturated heterocycles. The lowest BCUT2D eigenvalue weighted by Gasteiger charge is -2.28. The molecule has 0 radical (unpaired) electrons. The number of hydrogen-bond donors (Lipinski definition) is 1. The Morgan fingerprint density at radius 1 is 1.54 bits per heavy atom. The zero-order chi connectivity index (χ0) is 9.10. The molecule has 13 heavy (non-hydrogen) atoms. The molecule has 1 aliphatic rings. The van der Waals surface area contributed by atoms with Crippen LogP contribution in [0.15, 0.2) is 24.5 Å². The van der Waals surface area contributed by atoms with Gasteiger partial charge in [0.1, 0.15) is 0 Å². The molecule has 1 aromatic heterocycles. The summed E-state index contributed by atoms with van der Waals surface area (Å²) in [6, 6.07) is 4.76. The molecule has 1 N–H and O–H groups in total. The van der Waals surface area contributed by atoms with E-state index in [9.17, 15) is 0 Å². The summed E-state index contributed by atoms with van der Waals surface area (Å²) in [5.41, 5.74) is 1.20. The van der Waals surface area contributed by atoms with E-state index in [4.69, 9.17) is 4.74 Å². The van der Waals surface area contributed by atoms with Crippen molar-refractivity contribution < 1.29 is 4.74 Å². The van der Waals surface area contributed by atoms with E-state index in [0.717, 1.165) is 13.2 Å². The smallest absolute Gasteiger partial charge is 0.0662 e. The zero-order valence-corrected chi connectivity index (χ0v) is 7.73. The second-order valence-corrected chi connectivity index (χ2v) is 3.44. The molecule has 70 valence electrons. The van der Waals surface area contributed by atoms with Gasteiger partial charge in [-0.1, -0.05) is 6.07 Å². The van der Waals surface area contributed by atoms with Gasteiger partial charge in [0.05, 0.1) is 19.3 Å². The average molecular weight is 178 g/mol. The van der Waals surface area contributed by atoms with Crippen LogP contribution in [0.5, 0.6) is 0 Å². The molecule has 0 spiro atoms. The van der Waals surface area contributed by atoms with Crippen molar-refractivity contribution in [2.24, 2.45) is 0 Å². The van der Waals surface area contributed by atoms with Crippen LogP contribution in [0.25, 0.3) is 0 Å². The van der Waals surface area contributed by atoms with Crippen molar-refractivity contribution >= 4 is 0 Å². The van der Waals surface area contributed by atoms with Crippen LogP contribution in [0, 0.1) is 0 Å². The second-order valence-electron chi connectivity index (χ2n) is 3.44. The summed E-state index contributed by atoms with van der Waals surface area (Å²) in [4.78, 5) is 4.09. The first-order valence-corrected chi connectivity index (χ1v) is 4.60. The summed E-state index contributed by atoms with van der Waals surface area (Å²) in [5.74, 6) is 0. The van der Waals surface area contributed by atoms with Gasteiger partial charge in [0, 0.05) is 18.4 Å². The predicted molar refractivity (Wildman–Crippen MR) is 50.4 cm³/mol. The van der Waals surface area contributed by atoms with Gasteiger partial charge < -0.3 is 10.1 Å². The topological polar surface area (TPSA) is 34.1 Å². The quantitative estimate of drug-likeness (QED) is 0.700. The lowest BCUT2D eigenvalue weighted by atomic mass is 10.1. The summed E-state index contributed by atoms with van der Waals surface area (Å²) >= 11 is 0. The van der Waals surface area contributed by atoms with Crippen molar-refractivity contribution in [3.63, 3.8) is 0 Å². The Labute approximate surface area is 78.1 Å². The molecule has 1 aromatic rings. The molecule has 1 aliphatic heterocycles. The van der Waals surface area contributed by atoms with Crippen LogP contribution in [-0.2, 0) is 4.74 Å². The van der Waals surface area contributed by atoms with Gasteiger partial charge in [-0.25, -0.2) is 0 Å². The minimum Gasteiger partial charge on any atom is -0.378 e. The van der Waals surface area contributed by atoms with Crippen LogP contribution in [0.4, 0.5) is 0 Å². The Morgan fingerprint density at radius 3 is 3.15 bits per heavy atom. The lowest BCUT2D eigenvalue weighted by Crippen LogP contribution is -2.41. The Morgan fingerprint density at radius 2 is 2.46 bits per heavy atom. The molecule has 0 saturated carbocycles. The van der Waals surface area contributed by atoms with Gasteiger partial charge in [0.25, 0.3) is 0 Å². The molecule has 2 unspecified atom stereocenters. The average Bonchev–Trinajstić information content (AvgIpc) is 2.19. The summed E-state index contributed by atoms with van der Waals surface area (Å²) in [5, 5.41) is 3.47. The number of aromatic nitrogens is 1. The van der Waals surface area contributed by atoms with Gasteiger partial charge >= 0.3 is 0 Å². The van der Waals surface area contributed by atoms with Crippen LogP contribution in [0.3, 0.4) is 0 Å². The highest BCUT2D eigenvalue weighted by Crippen LogP contribution is 2.15. The van der Waals surface area contributed by atoms with Crippen molar-refractivity contribution in [1.82, 2.24) is 10.3 Å². The van der Waals surface area contributed by atoms with Gasteiger partial charge in [-0.3, -0.25) is 4.98 Å². The number of nitrogens with zero attached hydrogens (tertiary/aromatic N) is 1. The van der Waals surface area contributed by atoms with E-state index in [1.165, 1.54) is 5.56 Å². The van der Waals surface area contributed by atoms with Crippen molar-refractivity contribution in [3.05, 3.63) is 30.1 Å². The number of pyridine rings is 1. The number of rotatable bonds is 1. The van der Waals surface area contributed by atoms with Gasteiger partial charge in [0.15, 0.2) is 0 Å². The fourth-order valence-corrected chi connectivity index (χ4v) is 1.58. The normalized spacial score (nSPS) is 28.7. The fraction of sp³-hybridized carbons (Fsp3) is 0.500. The maximum atomic E-state index is 5.46. The SMILES string of the molecule is CC1COCC(c2cccnc2)N1. The first kappa shape index (κ1) is 8.66.